The summed E-state index contributed by atoms with van der Waals surface area (Å²) >= 11 is 12.2. The van der Waals surface area contributed by atoms with Gasteiger partial charge in [-0.2, -0.15) is 0 Å². The molecule has 1 aromatic heterocycles. The third kappa shape index (κ3) is 3.04. The Morgan fingerprint density at radius 3 is 2.89 bits per heavy atom. The number of rotatable bonds is 6. The van der Waals surface area contributed by atoms with E-state index in [9.17, 15) is 0 Å². The van der Waals surface area contributed by atoms with Crippen molar-refractivity contribution in [3.63, 3.8) is 0 Å². The van der Waals surface area contributed by atoms with Gasteiger partial charge >= 0.3 is 0 Å². The highest BCUT2D eigenvalue weighted by atomic mass is 35.5. The summed E-state index contributed by atoms with van der Waals surface area (Å²) in [6.45, 7) is 5.45. The smallest absolute Gasteiger partial charge is 0.111 e. The number of hydrogen-bond acceptors (Lipinski definition) is 2. The molecule has 19 heavy (non-hydrogen) atoms. The van der Waals surface area contributed by atoms with Crippen LogP contribution in [0.15, 0.2) is 18.2 Å². The lowest BCUT2D eigenvalue weighted by Crippen LogP contribution is -2.15. The molecular formula is C14H18Cl2N2O. The van der Waals surface area contributed by atoms with E-state index < -0.39 is 0 Å². The molecule has 1 unspecified atom stereocenters. The van der Waals surface area contributed by atoms with Gasteiger partial charge in [0.1, 0.15) is 5.82 Å². The maximum Gasteiger partial charge on any atom is 0.111 e. The first-order valence-electron chi connectivity index (χ1n) is 6.48. The Balaban J connectivity index is 2.50. The third-order valence-corrected chi connectivity index (χ3v) is 3.55. The lowest BCUT2D eigenvalue weighted by molar-refractivity contribution is 0.119. The molecule has 2 aromatic rings. The van der Waals surface area contributed by atoms with Crippen molar-refractivity contribution in [3.8, 4) is 0 Å². The number of aryl methyl sites for hydroxylation is 1. The molecule has 5 heteroatoms. The van der Waals surface area contributed by atoms with Crippen molar-refractivity contribution in [2.24, 2.45) is 0 Å². The third-order valence-electron chi connectivity index (χ3n) is 3.06. The first kappa shape index (κ1) is 14.6. The minimum absolute atomic E-state index is 0.183. The molecule has 0 radical (unpaired) electrons. The summed E-state index contributed by atoms with van der Waals surface area (Å²) in [7, 11) is 0. The Kier molecular flexibility index (Phi) is 5.08. The average Bonchev–Trinajstić information content (AvgIpc) is 2.76. The van der Waals surface area contributed by atoms with Crippen molar-refractivity contribution in [2.75, 3.05) is 19.1 Å². The minimum atomic E-state index is 0.183. The van der Waals surface area contributed by atoms with Gasteiger partial charge in [0.15, 0.2) is 0 Å². The molecule has 0 fully saturated rings. The largest absolute Gasteiger partial charge is 0.380 e. The van der Waals surface area contributed by atoms with E-state index in [-0.39, 0.29) is 6.04 Å². The standard InChI is InChI=1S/C14H18Cl2N2O/c1-3-19-9-10(2)18-13(7-8-15)17-12-6-4-5-11(16)14(12)18/h4-6,10H,3,7-9H2,1-2H3. The van der Waals surface area contributed by atoms with E-state index in [1.807, 2.05) is 25.1 Å². The number of imidazole rings is 1. The van der Waals surface area contributed by atoms with E-state index in [1.54, 1.807) is 0 Å². The zero-order valence-corrected chi connectivity index (χ0v) is 12.7. The molecule has 0 amide bonds. The summed E-state index contributed by atoms with van der Waals surface area (Å²) in [5, 5.41) is 0.717. The number of fused-ring (bicyclic) bond motifs is 1. The van der Waals surface area contributed by atoms with Gasteiger partial charge in [0.25, 0.3) is 0 Å². The van der Waals surface area contributed by atoms with Crippen LogP contribution in [0.25, 0.3) is 11.0 Å². The molecule has 0 aliphatic rings. The SMILES string of the molecule is CCOCC(C)n1c(CCCl)nc2cccc(Cl)c21. The summed E-state index contributed by atoms with van der Waals surface area (Å²) in [5.74, 6) is 1.51. The Morgan fingerprint density at radius 2 is 2.21 bits per heavy atom. The van der Waals surface area contributed by atoms with Crippen LogP contribution in [-0.4, -0.2) is 28.6 Å². The van der Waals surface area contributed by atoms with Gasteiger partial charge < -0.3 is 9.30 Å². The van der Waals surface area contributed by atoms with Gasteiger partial charge in [0.2, 0.25) is 0 Å². The Bertz CT molecular complexity index is 554. The maximum atomic E-state index is 6.32. The Labute approximate surface area is 123 Å². The molecule has 104 valence electrons. The molecule has 2 rings (SSSR count). The highest BCUT2D eigenvalue weighted by Crippen LogP contribution is 2.28. The van der Waals surface area contributed by atoms with Crippen LogP contribution in [0, 0.1) is 0 Å². The van der Waals surface area contributed by atoms with Gasteiger partial charge in [0, 0.05) is 18.9 Å². The topological polar surface area (TPSA) is 27.1 Å². The van der Waals surface area contributed by atoms with Crippen molar-refractivity contribution >= 4 is 34.2 Å². The zero-order valence-electron chi connectivity index (χ0n) is 11.2. The monoisotopic (exact) mass is 300 g/mol. The van der Waals surface area contributed by atoms with Gasteiger partial charge in [0.05, 0.1) is 28.7 Å². The maximum absolute atomic E-state index is 6.32. The van der Waals surface area contributed by atoms with Crippen LogP contribution in [0.4, 0.5) is 0 Å². The van der Waals surface area contributed by atoms with E-state index in [0.29, 0.717) is 24.1 Å². The first-order valence-corrected chi connectivity index (χ1v) is 7.39. The van der Waals surface area contributed by atoms with Crippen LogP contribution in [-0.2, 0) is 11.2 Å². The lowest BCUT2D eigenvalue weighted by atomic mass is 10.2. The Morgan fingerprint density at radius 1 is 1.42 bits per heavy atom. The quantitative estimate of drug-likeness (QED) is 0.752. The average molecular weight is 301 g/mol. The molecule has 3 nitrogen and oxygen atoms in total. The number of alkyl halides is 1. The van der Waals surface area contributed by atoms with Crippen LogP contribution in [0.3, 0.4) is 0 Å². The van der Waals surface area contributed by atoms with E-state index in [4.69, 9.17) is 27.9 Å². The second kappa shape index (κ2) is 6.60. The van der Waals surface area contributed by atoms with E-state index >= 15 is 0 Å². The van der Waals surface area contributed by atoms with Crippen LogP contribution < -0.4 is 0 Å². The summed E-state index contributed by atoms with van der Waals surface area (Å²) in [4.78, 5) is 4.63. The van der Waals surface area contributed by atoms with Crippen molar-refractivity contribution in [1.82, 2.24) is 9.55 Å². The molecule has 1 heterocycles. The van der Waals surface area contributed by atoms with Crippen LogP contribution in [0.5, 0.6) is 0 Å². The van der Waals surface area contributed by atoms with Gasteiger partial charge in [-0.15, -0.1) is 11.6 Å². The highest BCUT2D eigenvalue weighted by Gasteiger charge is 2.17. The number of nitrogens with zero attached hydrogens (tertiary/aromatic N) is 2. The zero-order chi connectivity index (χ0) is 13.8. The fourth-order valence-corrected chi connectivity index (χ4v) is 2.68. The number of para-hydroxylation sites is 1. The molecule has 0 spiro atoms. The molecule has 0 saturated heterocycles. The fraction of sp³-hybridized carbons (Fsp3) is 0.500. The number of hydrogen-bond donors (Lipinski definition) is 0. The van der Waals surface area contributed by atoms with Crippen LogP contribution in [0.1, 0.15) is 25.7 Å². The lowest BCUT2D eigenvalue weighted by Gasteiger charge is -2.17. The highest BCUT2D eigenvalue weighted by molar-refractivity contribution is 6.35. The van der Waals surface area contributed by atoms with E-state index in [2.05, 4.69) is 16.5 Å². The number of benzene rings is 1. The Hall–Kier alpha value is -0.770. The van der Waals surface area contributed by atoms with Crippen molar-refractivity contribution < 1.29 is 4.74 Å². The van der Waals surface area contributed by atoms with Gasteiger partial charge in [-0.05, 0) is 26.0 Å². The van der Waals surface area contributed by atoms with Crippen LogP contribution in [0.2, 0.25) is 5.02 Å². The molecule has 1 atom stereocenters. The van der Waals surface area contributed by atoms with Crippen LogP contribution >= 0.6 is 23.2 Å². The number of halogens is 2. The normalized spacial score (nSPS) is 13.1. The fourth-order valence-electron chi connectivity index (χ4n) is 2.25. The molecule has 0 bridgehead atoms. The minimum Gasteiger partial charge on any atom is -0.380 e. The van der Waals surface area contributed by atoms with E-state index in [1.165, 1.54) is 0 Å². The molecule has 0 saturated carbocycles. The second-order valence-corrected chi connectivity index (χ2v) is 5.24. The van der Waals surface area contributed by atoms with Gasteiger partial charge in [-0.25, -0.2) is 4.98 Å². The van der Waals surface area contributed by atoms with Crippen molar-refractivity contribution in [3.05, 3.63) is 29.0 Å². The predicted molar refractivity (Wildman–Crippen MR) is 80.4 cm³/mol. The summed E-state index contributed by atoms with van der Waals surface area (Å²) in [6, 6.07) is 5.96. The number of aromatic nitrogens is 2. The molecule has 0 aliphatic carbocycles. The predicted octanol–water partition coefficient (Wildman–Crippen LogP) is 4.07. The molecule has 1 aromatic carbocycles. The summed E-state index contributed by atoms with van der Waals surface area (Å²) < 4.78 is 7.66. The number of ether oxygens (including phenoxy) is 1. The molecule has 0 N–H and O–H groups in total. The first-order chi connectivity index (χ1) is 9.19. The molecule has 0 aliphatic heterocycles. The molecular weight excluding hydrogens is 283 g/mol. The summed E-state index contributed by atoms with van der Waals surface area (Å²) in [5.41, 5.74) is 1.88. The second-order valence-electron chi connectivity index (χ2n) is 4.45. The van der Waals surface area contributed by atoms with Crippen molar-refractivity contribution in [1.29, 1.82) is 0 Å². The van der Waals surface area contributed by atoms with E-state index in [0.717, 1.165) is 23.3 Å². The summed E-state index contributed by atoms with van der Waals surface area (Å²) in [6.07, 6.45) is 0.725. The van der Waals surface area contributed by atoms with Crippen molar-refractivity contribution in [2.45, 2.75) is 26.3 Å². The van der Waals surface area contributed by atoms with Gasteiger partial charge in [-0.3, -0.25) is 0 Å². The van der Waals surface area contributed by atoms with Gasteiger partial charge in [-0.1, -0.05) is 17.7 Å².